The van der Waals surface area contributed by atoms with Gasteiger partial charge in [0.05, 0.1) is 0 Å². The summed E-state index contributed by atoms with van der Waals surface area (Å²) in [6, 6.07) is 20.1. The molecule has 0 aliphatic rings. The van der Waals surface area contributed by atoms with Crippen LogP contribution in [0.4, 0.5) is 0 Å². The number of hydrogen-bond donors (Lipinski definition) is 0. The average Bonchev–Trinajstić information content (AvgIpc) is 2.80. The van der Waals surface area contributed by atoms with Gasteiger partial charge in [-0.25, -0.2) is 0 Å². The molecular formula is C19H19Cl2Zr. The van der Waals surface area contributed by atoms with Gasteiger partial charge in [-0.3, -0.25) is 0 Å². The summed E-state index contributed by atoms with van der Waals surface area (Å²) in [4.78, 5) is 0. The molecule has 113 valence electrons. The fraction of sp³-hybridized carbons (Fsp3) is 0.211. The van der Waals surface area contributed by atoms with Crippen LogP contribution in [-0.4, -0.2) is 0 Å². The molecule has 0 nitrogen and oxygen atoms in total. The predicted molar refractivity (Wildman–Crippen MR) is 83.7 cm³/mol. The number of hydrogen-bond acceptors (Lipinski definition) is 0. The Bertz CT molecular complexity index is 699. The average molecular weight is 409 g/mol. The predicted octanol–water partition coefficient (Wildman–Crippen LogP) is -0.508. The van der Waals surface area contributed by atoms with E-state index in [9.17, 15) is 0 Å². The third kappa shape index (κ3) is 4.51. The van der Waals surface area contributed by atoms with Crippen LogP contribution in [0.5, 0.6) is 0 Å². The van der Waals surface area contributed by atoms with Crippen molar-refractivity contribution in [3.8, 4) is 11.1 Å². The Morgan fingerprint density at radius 2 is 1.64 bits per heavy atom. The minimum absolute atomic E-state index is 0. The zero-order chi connectivity index (χ0) is 13.2. The summed E-state index contributed by atoms with van der Waals surface area (Å²) in [5, 5.41) is 2.70. The Labute approximate surface area is 164 Å². The summed E-state index contributed by atoms with van der Waals surface area (Å²) in [5.74, 6) is 0. The summed E-state index contributed by atoms with van der Waals surface area (Å²) < 4.78 is 0. The molecule has 0 N–H and O–H groups in total. The first-order valence-electron chi connectivity index (χ1n) is 7.03. The minimum Gasteiger partial charge on any atom is -1.00 e. The van der Waals surface area contributed by atoms with Crippen molar-refractivity contribution in [3.63, 3.8) is 0 Å². The third-order valence-corrected chi connectivity index (χ3v) is 3.70. The maximum atomic E-state index is 2.28. The quantitative estimate of drug-likeness (QED) is 0.512. The third-order valence-electron chi connectivity index (χ3n) is 3.70. The Kier molecular flexibility index (Phi) is 9.39. The van der Waals surface area contributed by atoms with Gasteiger partial charge < -0.3 is 24.8 Å². The molecule has 1 radical (unpaired) electrons. The van der Waals surface area contributed by atoms with Crippen LogP contribution in [0, 0.1) is 6.92 Å². The van der Waals surface area contributed by atoms with Crippen LogP contribution in [0.25, 0.3) is 21.9 Å². The summed E-state index contributed by atoms with van der Waals surface area (Å²) in [5.41, 5.74) is 5.42. The Hall–Kier alpha value is -0.487. The summed E-state index contributed by atoms with van der Waals surface area (Å²) in [7, 11) is 0. The van der Waals surface area contributed by atoms with E-state index in [-0.39, 0.29) is 51.0 Å². The van der Waals surface area contributed by atoms with Crippen molar-refractivity contribution in [1.29, 1.82) is 0 Å². The van der Waals surface area contributed by atoms with Crippen LogP contribution in [0.1, 0.15) is 24.5 Å². The first-order valence-corrected chi connectivity index (χ1v) is 7.03. The topological polar surface area (TPSA) is 0 Å². The van der Waals surface area contributed by atoms with E-state index in [1.165, 1.54) is 45.9 Å². The van der Waals surface area contributed by atoms with E-state index in [1.54, 1.807) is 0 Å². The number of rotatable bonds is 3. The molecule has 0 spiro atoms. The molecule has 3 rings (SSSR count). The monoisotopic (exact) mass is 407 g/mol. The van der Waals surface area contributed by atoms with Crippen molar-refractivity contribution in [3.05, 3.63) is 65.7 Å². The second kappa shape index (κ2) is 9.61. The van der Waals surface area contributed by atoms with Gasteiger partial charge in [0.2, 0.25) is 0 Å². The Morgan fingerprint density at radius 1 is 0.955 bits per heavy atom. The largest absolute Gasteiger partial charge is 3.00 e. The smallest absolute Gasteiger partial charge is 1.00 e. The van der Waals surface area contributed by atoms with Crippen LogP contribution in [0.3, 0.4) is 0 Å². The molecule has 0 atom stereocenters. The van der Waals surface area contributed by atoms with E-state index in [0.717, 1.165) is 0 Å². The molecule has 0 amide bonds. The van der Waals surface area contributed by atoms with Gasteiger partial charge in [0.1, 0.15) is 0 Å². The maximum Gasteiger partial charge on any atom is 3.00 e. The molecule has 0 fully saturated rings. The minimum atomic E-state index is 0. The van der Waals surface area contributed by atoms with Gasteiger partial charge in [-0.1, -0.05) is 56.2 Å². The van der Waals surface area contributed by atoms with Crippen molar-refractivity contribution in [1.82, 2.24) is 0 Å². The Balaban J connectivity index is 0.00000147. The van der Waals surface area contributed by atoms with Gasteiger partial charge in [0, 0.05) is 0 Å². The molecule has 0 aliphatic heterocycles. The van der Waals surface area contributed by atoms with Gasteiger partial charge in [-0.05, 0) is 17.5 Å². The molecule has 3 aromatic rings. The van der Waals surface area contributed by atoms with E-state index in [1.807, 2.05) is 0 Å². The number of halogens is 2. The molecule has 0 heterocycles. The zero-order valence-corrected chi connectivity index (χ0v) is 16.8. The van der Waals surface area contributed by atoms with Crippen molar-refractivity contribution in [2.24, 2.45) is 0 Å². The van der Waals surface area contributed by atoms with Crippen LogP contribution >= 0.6 is 0 Å². The second-order valence-corrected chi connectivity index (χ2v) is 5.29. The fourth-order valence-corrected chi connectivity index (χ4v) is 2.78. The van der Waals surface area contributed by atoms with Gasteiger partial charge in [0.15, 0.2) is 0 Å². The van der Waals surface area contributed by atoms with Gasteiger partial charge in [-0.2, -0.15) is 6.07 Å². The number of benzene rings is 2. The molecule has 0 saturated carbocycles. The number of aryl methyl sites for hydroxylation is 2. The molecule has 0 aliphatic carbocycles. The SMILES string of the molecule is CCCc1ccc(-c2cccc3[cH-]c(C)cc23)cc1.[Cl-].[Cl-].[Zr+3]. The molecule has 3 aromatic carbocycles. The number of fused-ring (bicyclic) bond motifs is 1. The van der Waals surface area contributed by atoms with Crippen LogP contribution in [0.15, 0.2) is 54.6 Å². The Morgan fingerprint density at radius 3 is 2.27 bits per heavy atom. The van der Waals surface area contributed by atoms with E-state index in [2.05, 4.69) is 68.4 Å². The van der Waals surface area contributed by atoms with E-state index < -0.39 is 0 Å². The van der Waals surface area contributed by atoms with E-state index in [0.29, 0.717) is 0 Å². The maximum absolute atomic E-state index is 2.28. The molecule has 0 aromatic heterocycles. The summed E-state index contributed by atoms with van der Waals surface area (Å²) >= 11 is 0. The first-order chi connectivity index (χ1) is 9.28. The molecule has 22 heavy (non-hydrogen) atoms. The second-order valence-electron chi connectivity index (χ2n) is 5.29. The standard InChI is InChI=1S/C19H19.2ClH.Zr/c1-3-5-15-8-10-16(11-9-15)18-7-4-6-17-12-14(2)13-19(17)18;;;/h4,6-13H,3,5H2,1-2H3;2*1H;/q-1;;;+3/p-2. The van der Waals surface area contributed by atoms with Crippen molar-refractivity contribution < 1.29 is 51.0 Å². The fourth-order valence-electron chi connectivity index (χ4n) is 2.78. The van der Waals surface area contributed by atoms with Gasteiger partial charge in [-0.15, -0.1) is 34.5 Å². The summed E-state index contributed by atoms with van der Waals surface area (Å²) in [6.07, 6.45) is 2.37. The normalized spacial score (nSPS) is 9.55. The van der Waals surface area contributed by atoms with E-state index >= 15 is 0 Å². The molecule has 0 unspecified atom stereocenters. The van der Waals surface area contributed by atoms with Crippen LogP contribution < -0.4 is 24.8 Å². The first kappa shape index (κ1) is 21.5. The van der Waals surface area contributed by atoms with Crippen LogP contribution in [-0.2, 0) is 32.6 Å². The van der Waals surface area contributed by atoms with Gasteiger partial charge >= 0.3 is 26.2 Å². The summed E-state index contributed by atoms with van der Waals surface area (Å²) in [6.45, 7) is 4.38. The molecule has 3 heteroatoms. The molecule has 0 saturated heterocycles. The van der Waals surface area contributed by atoms with E-state index in [4.69, 9.17) is 0 Å². The van der Waals surface area contributed by atoms with Gasteiger partial charge in [0.25, 0.3) is 0 Å². The van der Waals surface area contributed by atoms with Crippen molar-refractivity contribution >= 4 is 10.8 Å². The molecular weight excluding hydrogens is 390 g/mol. The van der Waals surface area contributed by atoms with Crippen LogP contribution in [0.2, 0.25) is 0 Å². The van der Waals surface area contributed by atoms with Crippen molar-refractivity contribution in [2.45, 2.75) is 26.7 Å². The van der Waals surface area contributed by atoms with Crippen molar-refractivity contribution in [2.75, 3.05) is 0 Å². The zero-order valence-electron chi connectivity index (χ0n) is 12.9. The molecule has 0 bridgehead atoms.